The van der Waals surface area contributed by atoms with Crippen molar-refractivity contribution < 1.29 is 14.3 Å². The maximum atomic E-state index is 12.4. The lowest BCUT2D eigenvalue weighted by Gasteiger charge is -2.36. The smallest absolute Gasteiger partial charge is 0.279 e. The number of nitro benzene ring substituents is 1. The zero-order valence-electron chi connectivity index (χ0n) is 11.8. The van der Waals surface area contributed by atoms with Crippen LogP contribution in [-0.2, 0) is 4.57 Å². The molecule has 1 aromatic carbocycles. The molecular weight excluding hydrogens is 295 g/mol. The molecule has 9 heteroatoms. The van der Waals surface area contributed by atoms with Crippen LogP contribution in [0.5, 0.6) is 0 Å². The molecule has 0 radical (unpaired) electrons. The molecule has 0 atom stereocenters. The molecule has 0 unspecified atom stereocenters. The molecule has 8 nitrogen and oxygen atoms in total. The Kier molecular flexibility index (Phi) is 4.13. The highest BCUT2D eigenvalue weighted by Gasteiger charge is 2.34. The Morgan fingerprint density at radius 1 is 1.38 bits per heavy atom. The van der Waals surface area contributed by atoms with E-state index >= 15 is 0 Å². The summed E-state index contributed by atoms with van der Waals surface area (Å²) in [7, 11) is -3.22. The van der Waals surface area contributed by atoms with Crippen LogP contribution in [0.3, 0.4) is 0 Å². The first-order valence-corrected chi connectivity index (χ1v) is 8.09. The molecule has 21 heavy (non-hydrogen) atoms. The highest BCUT2D eigenvalue weighted by molar-refractivity contribution is 7.58. The number of rotatable bonds is 3. The van der Waals surface area contributed by atoms with E-state index in [0.717, 1.165) is 6.07 Å². The first-order valence-electron chi connectivity index (χ1n) is 6.38. The summed E-state index contributed by atoms with van der Waals surface area (Å²) >= 11 is 0. The van der Waals surface area contributed by atoms with Gasteiger partial charge in [0.1, 0.15) is 0 Å². The summed E-state index contributed by atoms with van der Waals surface area (Å²) in [5, 5.41) is 18.7. The summed E-state index contributed by atoms with van der Waals surface area (Å²) in [5.41, 5.74) is -0.163. The molecular formula is C12H17N4O4P. The first-order chi connectivity index (χ1) is 9.71. The predicted molar refractivity (Wildman–Crippen MR) is 78.0 cm³/mol. The van der Waals surface area contributed by atoms with Crippen LogP contribution in [0.2, 0.25) is 0 Å². The highest BCUT2D eigenvalue weighted by atomic mass is 31.2. The maximum Gasteiger partial charge on any atom is 0.305 e. The minimum absolute atomic E-state index is 0.0653. The summed E-state index contributed by atoms with van der Waals surface area (Å²) in [4.78, 5) is 22.2. The fourth-order valence-corrected chi connectivity index (χ4v) is 3.80. The van der Waals surface area contributed by atoms with Crippen LogP contribution in [0.25, 0.3) is 0 Å². The Bertz CT molecular complexity index is 617. The van der Waals surface area contributed by atoms with Gasteiger partial charge in [0.25, 0.3) is 11.6 Å². The highest BCUT2D eigenvalue weighted by Crippen LogP contribution is 2.37. The maximum absolute atomic E-state index is 12.4. The van der Waals surface area contributed by atoms with Crippen molar-refractivity contribution in [3.63, 3.8) is 0 Å². The average Bonchev–Trinajstić information content (AvgIpc) is 2.43. The summed E-state index contributed by atoms with van der Waals surface area (Å²) < 4.78 is 12.4. The molecule has 0 aliphatic carbocycles. The number of hydrogen-bond donors (Lipinski definition) is 3. The SMILES string of the molecule is CC1(C)CNP(=O)(NC(=O)c2cccc([N+](=O)[O-])c2)NC1. The number of carbonyl (C=O) groups is 1. The van der Waals surface area contributed by atoms with Crippen molar-refractivity contribution in [3.8, 4) is 0 Å². The second-order valence-corrected chi connectivity index (χ2v) is 7.77. The molecule has 1 saturated heterocycles. The van der Waals surface area contributed by atoms with Crippen molar-refractivity contribution in [1.29, 1.82) is 0 Å². The summed E-state index contributed by atoms with van der Waals surface area (Å²) in [6.07, 6.45) is 0. The van der Waals surface area contributed by atoms with Crippen molar-refractivity contribution in [2.24, 2.45) is 5.41 Å². The number of hydrogen-bond acceptors (Lipinski definition) is 4. The van der Waals surface area contributed by atoms with Gasteiger partial charge in [0.2, 0.25) is 0 Å². The summed E-state index contributed by atoms with van der Waals surface area (Å²) in [6.45, 7) is 4.98. The number of nitrogens with one attached hydrogen (secondary N) is 3. The zero-order chi connectivity index (χ0) is 15.7. The fourth-order valence-electron chi connectivity index (χ4n) is 1.82. The van der Waals surface area contributed by atoms with E-state index in [1.165, 1.54) is 18.2 Å². The van der Waals surface area contributed by atoms with E-state index < -0.39 is 18.4 Å². The van der Waals surface area contributed by atoms with Crippen molar-refractivity contribution in [1.82, 2.24) is 15.3 Å². The van der Waals surface area contributed by atoms with Crippen molar-refractivity contribution in [3.05, 3.63) is 39.9 Å². The molecule has 1 amide bonds. The Morgan fingerprint density at radius 2 is 2.00 bits per heavy atom. The van der Waals surface area contributed by atoms with Gasteiger partial charge in [-0.3, -0.25) is 24.6 Å². The van der Waals surface area contributed by atoms with Gasteiger partial charge in [-0.2, -0.15) is 0 Å². The molecule has 3 N–H and O–H groups in total. The van der Waals surface area contributed by atoms with Crippen LogP contribution in [0.4, 0.5) is 5.69 Å². The third-order valence-corrected chi connectivity index (χ3v) is 4.86. The van der Waals surface area contributed by atoms with E-state index in [1.807, 2.05) is 13.8 Å². The van der Waals surface area contributed by atoms with E-state index in [2.05, 4.69) is 15.3 Å². The largest absolute Gasteiger partial charge is 0.305 e. The Hall–Kier alpha value is -1.76. The van der Waals surface area contributed by atoms with Crippen LogP contribution < -0.4 is 15.3 Å². The normalized spacial score (nSPS) is 19.7. The Balaban J connectivity index is 2.10. The lowest BCUT2D eigenvalue weighted by molar-refractivity contribution is -0.384. The van der Waals surface area contributed by atoms with Crippen LogP contribution >= 0.6 is 7.59 Å². The van der Waals surface area contributed by atoms with Crippen LogP contribution in [0.1, 0.15) is 24.2 Å². The minimum Gasteiger partial charge on any atom is -0.279 e. The lowest BCUT2D eigenvalue weighted by Crippen LogP contribution is -2.49. The fraction of sp³-hybridized carbons (Fsp3) is 0.417. The molecule has 114 valence electrons. The second-order valence-electron chi connectivity index (χ2n) is 5.69. The number of amides is 1. The van der Waals surface area contributed by atoms with Crippen molar-refractivity contribution in [2.45, 2.75) is 13.8 Å². The number of non-ortho nitro benzene ring substituents is 1. The minimum atomic E-state index is -3.22. The molecule has 1 fully saturated rings. The predicted octanol–water partition coefficient (Wildman–Crippen LogP) is 1.65. The van der Waals surface area contributed by atoms with Gasteiger partial charge in [-0.25, -0.2) is 10.2 Å². The molecule has 1 heterocycles. The van der Waals surface area contributed by atoms with E-state index in [0.29, 0.717) is 13.1 Å². The van der Waals surface area contributed by atoms with E-state index in [9.17, 15) is 19.5 Å². The van der Waals surface area contributed by atoms with Gasteiger partial charge in [-0.1, -0.05) is 19.9 Å². The zero-order valence-corrected chi connectivity index (χ0v) is 12.6. The average molecular weight is 312 g/mol. The molecule has 0 aromatic heterocycles. The van der Waals surface area contributed by atoms with Crippen molar-refractivity contribution in [2.75, 3.05) is 13.1 Å². The van der Waals surface area contributed by atoms with Crippen LogP contribution in [-0.4, -0.2) is 23.9 Å². The topological polar surface area (TPSA) is 113 Å². The van der Waals surface area contributed by atoms with E-state index in [4.69, 9.17) is 0 Å². The van der Waals surface area contributed by atoms with Gasteiger partial charge in [-0.05, 0) is 11.5 Å². The number of carbonyl (C=O) groups excluding carboxylic acids is 1. The quantitative estimate of drug-likeness (QED) is 0.444. The third-order valence-electron chi connectivity index (χ3n) is 3.14. The summed E-state index contributed by atoms with van der Waals surface area (Å²) in [5.74, 6) is -0.623. The monoisotopic (exact) mass is 312 g/mol. The lowest BCUT2D eigenvalue weighted by atomic mass is 9.94. The molecule has 1 aromatic rings. The Labute approximate surface area is 122 Å². The van der Waals surface area contributed by atoms with Gasteiger partial charge < -0.3 is 0 Å². The van der Waals surface area contributed by atoms with Crippen LogP contribution in [0.15, 0.2) is 24.3 Å². The summed E-state index contributed by atoms with van der Waals surface area (Å²) in [6, 6.07) is 5.28. The van der Waals surface area contributed by atoms with Gasteiger partial charge >= 0.3 is 7.59 Å². The van der Waals surface area contributed by atoms with E-state index in [1.54, 1.807) is 0 Å². The molecule has 0 bridgehead atoms. The molecule has 1 aliphatic heterocycles. The molecule has 1 aliphatic rings. The van der Waals surface area contributed by atoms with Gasteiger partial charge in [0, 0.05) is 30.8 Å². The molecule has 0 spiro atoms. The standard InChI is InChI=1S/C12H17N4O4P/c1-12(2)7-13-21(20,14-8-12)15-11(17)9-4-3-5-10(6-9)16(18)19/h3-6H,7-8H2,1-2H3,(H3,13,14,15,17,20). The van der Waals surface area contributed by atoms with Crippen molar-refractivity contribution >= 4 is 19.2 Å². The molecule has 0 saturated carbocycles. The van der Waals surface area contributed by atoms with Crippen LogP contribution in [0, 0.1) is 15.5 Å². The number of benzene rings is 1. The number of nitrogens with zero attached hydrogens (tertiary/aromatic N) is 1. The van der Waals surface area contributed by atoms with E-state index in [-0.39, 0.29) is 16.7 Å². The van der Waals surface area contributed by atoms with Gasteiger partial charge in [0.15, 0.2) is 0 Å². The second kappa shape index (κ2) is 5.55. The molecule has 2 rings (SSSR count). The first kappa shape index (κ1) is 15.6. The third kappa shape index (κ3) is 3.87. The van der Waals surface area contributed by atoms with Gasteiger partial charge in [-0.15, -0.1) is 0 Å². The van der Waals surface area contributed by atoms with Gasteiger partial charge in [0.05, 0.1) is 4.92 Å². The Morgan fingerprint density at radius 3 is 2.57 bits per heavy atom. The number of nitro groups is 1.